The van der Waals surface area contributed by atoms with Gasteiger partial charge in [-0.05, 0) is 20.8 Å². The molecule has 0 unspecified atom stereocenters. The number of rotatable bonds is 5. The molecule has 0 radical (unpaired) electrons. The molecule has 0 saturated carbocycles. The van der Waals surface area contributed by atoms with Gasteiger partial charge >= 0.3 is 7.60 Å². The lowest BCUT2D eigenvalue weighted by Gasteiger charge is -2.25. The van der Waals surface area contributed by atoms with E-state index >= 15 is 0 Å². The third kappa shape index (κ3) is 3.64. The van der Waals surface area contributed by atoms with Gasteiger partial charge in [-0.2, -0.15) is 0 Å². The summed E-state index contributed by atoms with van der Waals surface area (Å²) in [4.78, 5) is 0. The molecule has 0 aromatic rings. The third-order valence-electron chi connectivity index (χ3n) is 2.58. The van der Waals surface area contributed by atoms with Crippen molar-refractivity contribution >= 4 is 20.0 Å². The second-order valence-electron chi connectivity index (χ2n) is 3.76. The predicted molar refractivity (Wildman–Crippen MR) is 66.5 cm³/mol. The van der Waals surface area contributed by atoms with Crippen molar-refractivity contribution in [2.45, 2.75) is 44.8 Å². The number of halogens is 1. The van der Waals surface area contributed by atoms with Crippen LogP contribution in [0.15, 0.2) is 0 Å². The predicted octanol–water partition coefficient (Wildman–Crippen LogP) is 0.714. The van der Waals surface area contributed by atoms with Crippen LogP contribution in [0.5, 0.6) is 0 Å². The van der Waals surface area contributed by atoms with Crippen LogP contribution in [-0.2, 0) is 13.6 Å². The molecule has 104 valence electrons. The van der Waals surface area contributed by atoms with Crippen molar-refractivity contribution in [3.05, 3.63) is 0 Å². The zero-order valence-electron chi connectivity index (χ0n) is 10.2. The van der Waals surface area contributed by atoms with Gasteiger partial charge in [0.25, 0.3) is 0 Å². The molecule has 1 rings (SSSR count). The van der Waals surface area contributed by atoms with E-state index < -0.39 is 25.6 Å². The molecule has 6 nitrogen and oxygen atoms in total. The van der Waals surface area contributed by atoms with Crippen LogP contribution >= 0.6 is 20.0 Å². The molecule has 8 heteroatoms. The third-order valence-corrected chi connectivity index (χ3v) is 4.95. The molecule has 1 fully saturated rings. The lowest BCUT2D eigenvalue weighted by Crippen LogP contribution is -2.34. The minimum atomic E-state index is -3.42. The zero-order chi connectivity index (χ0) is 12.3. The first kappa shape index (κ1) is 17.3. The minimum absolute atomic E-state index is 0. The molecule has 0 aromatic heterocycles. The minimum Gasteiger partial charge on any atom is -0.389 e. The number of nitrogens with one attached hydrogen (secondary N) is 1. The highest BCUT2D eigenvalue weighted by Crippen LogP contribution is 2.55. The number of hydrogen-bond acceptors (Lipinski definition) is 6. The van der Waals surface area contributed by atoms with Gasteiger partial charge in [-0.1, -0.05) is 0 Å². The molecule has 1 aliphatic heterocycles. The summed E-state index contributed by atoms with van der Waals surface area (Å²) in [7, 11) is -3.42. The lowest BCUT2D eigenvalue weighted by atomic mass is 10.2. The number of aliphatic hydroxyl groups excluding tert-OH is 2. The van der Waals surface area contributed by atoms with E-state index in [0.717, 1.165) is 0 Å². The Morgan fingerprint density at radius 2 is 1.65 bits per heavy atom. The second kappa shape index (κ2) is 7.04. The average Bonchev–Trinajstić information content (AvgIpc) is 2.47. The Kier molecular flexibility index (Phi) is 7.18. The van der Waals surface area contributed by atoms with Gasteiger partial charge in [-0.15, -0.1) is 12.4 Å². The number of hydrogen-bond donors (Lipinski definition) is 3. The largest absolute Gasteiger partial charge is 0.389 e. The molecule has 0 spiro atoms. The molecule has 1 saturated heterocycles. The molecule has 0 aromatic carbocycles. The van der Waals surface area contributed by atoms with Gasteiger partial charge in [-0.3, -0.25) is 9.88 Å². The standard InChI is InChI=1S/C9H20NO5P.ClH/c1-4-14-16(13,15-5-2)9-8(12)7(11)6(3)10-9;/h6-12H,4-5H2,1-3H3;1H/t6-,7+,8+,9-;/m0./s1. The van der Waals surface area contributed by atoms with Crippen molar-refractivity contribution in [1.29, 1.82) is 0 Å². The Labute approximate surface area is 108 Å². The molecule has 3 N–H and O–H groups in total. The number of aliphatic hydroxyl groups is 2. The van der Waals surface area contributed by atoms with Crippen molar-refractivity contribution < 1.29 is 23.8 Å². The first-order valence-electron chi connectivity index (χ1n) is 5.47. The fourth-order valence-electron chi connectivity index (χ4n) is 1.79. The maximum absolute atomic E-state index is 12.3. The fourth-order valence-corrected chi connectivity index (χ4v) is 3.87. The molecule has 1 aliphatic rings. The average molecular weight is 290 g/mol. The van der Waals surface area contributed by atoms with Crippen molar-refractivity contribution in [2.24, 2.45) is 0 Å². The van der Waals surface area contributed by atoms with E-state index in [0.29, 0.717) is 0 Å². The SMILES string of the molecule is CCOP(=O)(OCC)[C@@H]1N[C@@H](C)[C@@H](O)[C@H]1O.Cl. The first-order valence-corrected chi connectivity index (χ1v) is 7.08. The van der Waals surface area contributed by atoms with Gasteiger partial charge < -0.3 is 19.3 Å². The van der Waals surface area contributed by atoms with Crippen LogP contribution in [0.4, 0.5) is 0 Å². The van der Waals surface area contributed by atoms with Crippen molar-refractivity contribution in [1.82, 2.24) is 5.32 Å². The second-order valence-corrected chi connectivity index (χ2v) is 5.91. The van der Waals surface area contributed by atoms with E-state index in [1.54, 1.807) is 20.8 Å². The summed E-state index contributed by atoms with van der Waals surface area (Å²) in [5, 5.41) is 22.2. The first-order chi connectivity index (χ1) is 7.46. The van der Waals surface area contributed by atoms with Crippen LogP contribution in [0.2, 0.25) is 0 Å². The molecule has 0 amide bonds. The normalized spacial score (nSPS) is 33.5. The van der Waals surface area contributed by atoms with Gasteiger partial charge in [0.2, 0.25) is 0 Å². The van der Waals surface area contributed by atoms with Crippen LogP contribution in [0.25, 0.3) is 0 Å². The smallest absolute Gasteiger partial charge is 0.350 e. The van der Waals surface area contributed by atoms with E-state index in [4.69, 9.17) is 9.05 Å². The molecular formula is C9H21ClNO5P. The molecule has 0 bridgehead atoms. The van der Waals surface area contributed by atoms with E-state index in [9.17, 15) is 14.8 Å². The fraction of sp³-hybridized carbons (Fsp3) is 1.00. The summed E-state index contributed by atoms with van der Waals surface area (Å²) in [6.45, 7) is 5.56. The quantitative estimate of drug-likeness (QED) is 0.646. The maximum Gasteiger partial charge on any atom is 0.350 e. The molecule has 1 heterocycles. The van der Waals surface area contributed by atoms with Crippen LogP contribution < -0.4 is 5.32 Å². The molecule has 0 aliphatic carbocycles. The highest BCUT2D eigenvalue weighted by atomic mass is 35.5. The Morgan fingerprint density at radius 3 is 1.94 bits per heavy atom. The zero-order valence-corrected chi connectivity index (χ0v) is 11.9. The summed E-state index contributed by atoms with van der Waals surface area (Å²) < 4.78 is 22.6. The van der Waals surface area contributed by atoms with E-state index in [1.165, 1.54) is 0 Å². The van der Waals surface area contributed by atoms with Crippen LogP contribution in [0.1, 0.15) is 20.8 Å². The summed E-state index contributed by atoms with van der Waals surface area (Å²) in [6.07, 6.45) is -2.10. The van der Waals surface area contributed by atoms with E-state index in [1.807, 2.05) is 0 Å². The lowest BCUT2D eigenvalue weighted by molar-refractivity contribution is 0.0346. The summed E-state index contributed by atoms with van der Waals surface area (Å²) >= 11 is 0. The Balaban J connectivity index is 0.00000256. The molecule has 17 heavy (non-hydrogen) atoms. The summed E-state index contributed by atoms with van der Waals surface area (Å²) in [6, 6.07) is -0.339. The topological polar surface area (TPSA) is 88.0 Å². The van der Waals surface area contributed by atoms with Gasteiger partial charge in [0, 0.05) is 6.04 Å². The maximum atomic E-state index is 12.3. The Bertz CT molecular complexity index is 270. The van der Waals surface area contributed by atoms with Gasteiger partial charge in [0.15, 0.2) is 0 Å². The van der Waals surface area contributed by atoms with Crippen molar-refractivity contribution in [3.63, 3.8) is 0 Å². The molecular weight excluding hydrogens is 269 g/mol. The van der Waals surface area contributed by atoms with Gasteiger partial charge in [0.1, 0.15) is 11.9 Å². The monoisotopic (exact) mass is 289 g/mol. The summed E-state index contributed by atoms with van der Waals surface area (Å²) in [5.74, 6) is -0.864. The Morgan fingerprint density at radius 1 is 1.18 bits per heavy atom. The van der Waals surface area contributed by atoms with Crippen LogP contribution in [-0.4, -0.2) is 47.5 Å². The molecule has 4 atom stereocenters. The van der Waals surface area contributed by atoms with Gasteiger partial charge in [0.05, 0.1) is 19.3 Å². The van der Waals surface area contributed by atoms with Crippen molar-refractivity contribution in [2.75, 3.05) is 13.2 Å². The van der Waals surface area contributed by atoms with E-state index in [2.05, 4.69) is 5.32 Å². The van der Waals surface area contributed by atoms with Crippen LogP contribution in [0.3, 0.4) is 0 Å². The van der Waals surface area contributed by atoms with Crippen molar-refractivity contribution in [3.8, 4) is 0 Å². The Hall–Kier alpha value is 0.320. The van der Waals surface area contributed by atoms with Crippen LogP contribution in [0, 0.1) is 0 Å². The highest BCUT2D eigenvalue weighted by Gasteiger charge is 2.50. The highest BCUT2D eigenvalue weighted by molar-refractivity contribution is 7.54. The van der Waals surface area contributed by atoms with Gasteiger partial charge in [-0.25, -0.2) is 0 Å². The summed E-state index contributed by atoms with van der Waals surface area (Å²) in [5.41, 5.74) is 0. The van der Waals surface area contributed by atoms with E-state index in [-0.39, 0.29) is 31.7 Å².